The maximum absolute atomic E-state index is 12.9. The van der Waals surface area contributed by atoms with E-state index < -0.39 is 59.8 Å². The van der Waals surface area contributed by atoms with E-state index in [0.717, 1.165) is 64.2 Å². The van der Waals surface area contributed by atoms with Gasteiger partial charge in [0.2, 0.25) is 0 Å². The van der Waals surface area contributed by atoms with Crippen LogP contribution in [0.25, 0.3) is 0 Å². The Balaban J connectivity index is 2.35. The summed E-state index contributed by atoms with van der Waals surface area (Å²) in [6.07, 6.45) is 45.7. The van der Waals surface area contributed by atoms with Crippen molar-refractivity contribution in [1.29, 1.82) is 0 Å². The van der Waals surface area contributed by atoms with Gasteiger partial charge >= 0.3 is 16.4 Å². The number of aliphatic hydroxyl groups excluding tert-OH is 3. The third kappa shape index (κ3) is 37.0. The molecule has 1 heterocycles. The van der Waals surface area contributed by atoms with E-state index in [4.69, 9.17) is 18.9 Å². The van der Waals surface area contributed by atoms with Crippen molar-refractivity contribution in [2.45, 2.75) is 256 Å². The van der Waals surface area contributed by atoms with E-state index in [2.05, 4.69) is 66.6 Å². The smallest absolute Gasteiger partial charge is 0.397 e. The van der Waals surface area contributed by atoms with Gasteiger partial charge in [-0.1, -0.05) is 191 Å². The molecule has 1 fully saturated rings. The zero-order valence-electron chi connectivity index (χ0n) is 41.5. The summed E-state index contributed by atoms with van der Waals surface area (Å²) in [4.78, 5) is 12.9. The van der Waals surface area contributed by atoms with Crippen molar-refractivity contribution >= 4 is 16.4 Å². The van der Waals surface area contributed by atoms with Crippen molar-refractivity contribution in [2.24, 2.45) is 0 Å². The van der Waals surface area contributed by atoms with Crippen molar-refractivity contribution < 1.29 is 56.2 Å². The van der Waals surface area contributed by atoms with Crippen LogP contribution in [0.15, 0.2) is 48.6 Å². The zero-order chi connectivity index (χ0) is 48.2. The lowest BCUT2D eigenvalue weighted by molar-refractivity contribution is -0.301. The van der Waals surface area contributed by atoms with Crippen LogP contribution in [-0.4, -0.2) is 97.5 Å². The number of unbranched alkanes of at least 4 members (excludes halogenated alkanes) is 25. The summed E-state index contributed by atoms with van der Waals surface area (Å²) >= 11 is 0. The second-order valence-corrected chi connectivity index (χ2v) is 19.1. The fourth-order valence-electron chi connectivity index (χ4n) is 7.98. The molecule has 6 unspecified atom stereocenters. The van der Waals surface area contributed by atoms with Crippen LogP contribution in [0, 0.1) is 0 Å². The van der Waals surface area contributed by atoms with Gasteiger partial charge in [0.1, 0.15) is 30.5 Å². The van der Waals surface area contributed by atoms with Crippen LogP contribution in [0.3, 0.4) is 0 Å². The first-order valence-electron chi connectivity index (χ1n) is 26.4. The molecule has 0 aromatic heterocycles. The second kappa shape index (κ2) is 44.3. The van der Waals surface area contributed by atoms with Crippen molar-refractivity contribution in [3.63, 3.8) is 0 Å². The molecule has 66 heavy (non-hydrogen) atoms. The van der Waals surface area contributed by atoms with Gasteiger partial charge in [0, 0.05) is 13.0 Å². The first-order chi connectivity index (χ1) is 32.1. The quantitative estimate of drug-likeness (QED) is 0.0197. The molecule has 0 radical (unpaired) electrons. The van der Waals surface area contributed by atoms with E-state index in [1.165, 1.54) is 128 Å². The second-order valence-electron chi connectivity index (χ2n) is 18.1. The average molecular weight is 957 g/mol. The standard InChI is InChI=1S/C53H96O12S/c1-3-5-7-9-11-13-15-17-19-21-23-24-25-26-28-30-32-34-36-38-40-42-49(55)63-47(46-62-53-51(57)52(65-66(58,59)60)50(56)48(44-54)64-53)45-61-43-41-39-37-35-33-31-29-27-22-20-18-16-14-12-10-8-6-4-2/h6,8,12,14,18,20-21,23,47-48,50-54,56-57H,3-5,7,9-11,13,15-17,19,22,24-46H2,1-2H3,(H,58,59,60)/b8-6-,14-12-,20-18-,23-21-. The molecular weight excluding hydrogens is 861 g/mol. The first-order valence-corrected chi connectivity index (χ1v) is 27.8. The summed E-state index contributed by atoms with van der Waals surface area (Å²) in [5, 5.41) is 30.8. The lowest BCUT2D eigenvalue weighted by Crippen LogP contribution is -2.60. The lowest BCUT2D eigenvalue weighted by atomic mass is 9.99. The van der Waals surface area contributed by atoms with Gasteiger partial charge in [0.05, 0.1) is 19.8 Å². The van der Waals surface area contributed by atoms with Crippen molar-refractivity contribution in [3.05, 3.63) is 48.6 Å². The van der Waals surface area contributed by atoms with Crippen LogP contribution in [0.4, 0.5) is 0 Å². The molecule has 4 N–H and O–H groups in total. The van der Waals surface area contributed by atoms with Crippen molar-refractivity contribution in [3.8, 4) is 0 Å². The zero-order valence-corrected chi connectivity index (χ0v) is 42.3. The van der Waals surface area contributed by atoms with Crippen LogP contribution in [0.5, 0.6) is 0 Å². The molecule has 1 aliphatic heterocycles. The Morgan fingerprint density at radius 3 is 1.55 bits per heavy atom. The minimum atomic E-state index is -5.07. The van der Waals surface area contributed by atoms with Gasteiger partial charge < -0.3 is 34.3 Å². The molecule has 386 valence electrons. The molecule has 1 aliphatic rings. The molecule has 1 saturated heterocycles. The Morgan fingerprint density at radius 2 is 1.05 bits per heavy atom. The molecule has 6 atom stereocenters. The number of hydrogen-bond acceptors (Lipinski definition) is 11. The van der Waals surface area contributed by atoms with E-state index in [1.807, 2.05) is 0 Å². The maximum Gasteiger partial charge on any atom is 0.397 e. The number of esters is 1. The summed E-state index contributed by atoms with van der Waals surface area (Å²) in [5.41, 5.74) is 0. The topological polar surface area (TPSA) is 178 Å². The highest BCUT2D eigenvalue weighted by molar-refractivity contribution is 7.80. The van der Waals surface area contributed by atoms with Gasteiger partial charge in [-0.2, -0.15) is 8.42 Å². The van der Waals surface area contributed by atoms with Crippen molar-refractivity contribution in [1.82, 2.24) is 0 Å². The van der Waals surface area contributed by atoms with Gasteiger partial charge in [-0.25, -0.2) is 4.18 Å². The Bertz CT molecular complexity index is 1340. The third-order valence-corrected chi connectivity index (χ3v) is 12.4. The van der Waals surface area contributed by atoms with E-state index in [1.54, 1.807) is 0 Å². The summed E-state index contributed by atoms with van der Waals surface area (Å²) in [6, 6.07) is 0. The molecule has 0 aromatic rings. The number of aliphatic hydroxyl groups is 3. The van der Waals surface area contributed by atoms with Crippen LogP contribution < -0.4 is 0 Å². The fraction of sp³-hybridized carbons (Fsp3) is 0.830. The maximum atomic E-state index is 12.9. The predicted molar refractivity (Wildman–Crippen MR) is 266 cm³/mol. The van der Waals surface area contributed by atoms with Crippen LogP contribution in [-0.2, 0) is 38.3 Å². The minimum Gasteiger partial charge on any atom is -0.457 e. The number of allylic oxidation sites excluding steroid dienone is 8. The monoisotopic (exact) mass is 957 g/mol. The Morgan fingerprint density at radius 1 is 0.591 bits per heavy atom. The number of ether oxygens (including phenoxy) is 4. The highest BCUT2D eigenvalue weighted by atomic mass is 32.3. The molecule has 0 amide bonds. The average Bonchev–Trinajstić information content (AvgIpc) is 3.29. The Kier molecular flexibility index (Phi) is 41.6. The van der Waals surface area contributed by atoms with Crippen LogP contribution in [0.1, 0.15) is 219 Å². The largest absolute Gasteiger partial charge is 0.457 e. The molecule has 0 aromatic carbocycles. The van der Waals surface area contributed by atoms with E-state index in [0.29, 0.717) is 13.0 Å². The fourth-order valence-corrected chi connectivity index (χ4v) is 8.49. The normalized spacial score (nSPS) is 19.9. The first kappa shape index (κ1) is 62.1. The number of carbonyl (C=O) groups excluding carboxylic acids is 1. The Labute approximate surface area is 402 Å². The molecule has 0 saturated carbocycles. The molecule has 0 bridgehead atoms. The number of rotatable bonds is 46. The SMILES string of the molecule is CC/C=C\C/C=C\C/C=C\CCCCCCCCCCOCC(COC1OC(CO)C(O)C(OS(=O)(=O)O)C1O)OC(=O)CCCCCCCCCCC/C=C\CCCCCCCCCC. The van der Waals surface area contributed by atoms with Gasteiger partial charge in [0.15, 0.2) is 6.29 Å². The lowest BCUT2D eigenvalue weighted by Gasteiger charge is -2.41. The van der Waals surface area contributed by atoms with Crippen molar-refractivity contribution in [2.75, 3.05) is 26.4 Å². The van der Waals surface area contributed by atoms with E-state index in [9.17, 15) is 33.1 Å². The van der Waals surface area contributed by atoms with E-state index in [-0.39, 0.29) is 19.6 Å². The van der Waals surface area contributed by atoms with Crippen LogP contribution in [0.2, 0.25) is 0 Å². The van der Waals surface area contributed by atoms with Crippen LogP contribution >= 0.6 is 0 Å². The summed E-state index contributed by atoms with van der Waals surface area (Å²) in [5.74, 6) is -0.403. The molecule has 12 nitrogen and oxygen atoms in total. The molecular formula is C53H96O12S. The molecule has 0 spiro atoms. The highest BCUT2D eigenvalue weighted by Gasteiger charge is 2.48. The van der Waals surface area contributed by atoms with Gasteiger partial charge in [-0.3, -0.25) is 9.35 Å². The molecule has 13 heteroatoms. The molecule has 1 rings (SSSR count). The van der Waals surface area contributed by atoms with Gasteiger partial charge in [-0.15, -0.1) is 0 Å². The predicted octanol–water partition coefficient (Wildman–Crippen LogP) is 12.3. The summed E-state index contributed by atoms with van der Waals surface area (Å²) in [7, 11) is -5.07. The Hall–Kier alpha value is -1.94. The van der Waals surface area contributed by atoms with E-state index >= 15 is 0 Å². The number of hydrogen-bond donors (Lipinski definition) is 4. The number of carbonyl (C=O) groups is 1. The highest BCUT2D eigenvalue weighted by Crippen LogP contribution is 2.26. The third-order valence-electron chi connectivity index (χ3n) is 11.9. The summed E-state index contributed by atoms with van der Waals surface area (Å²) < 4.78 is 59.3. The van der Waals surface area contributed by atoms with Gasteiger partial charge in [-0.05, 0) is 70.6 Å². The molecule has 0 aliphatic carbocycles. The minimum absolute atomic E-state index is 0.0299. The summed E-state index contributed by atoms with van der Waals surface area (Å²) in [6.45, 7) is 3.88. The van der Waals surface area contributed by atoms with Gasteiger partial charge in [0.25, 0.3) is 0 Å².